The number of esters is 1. The first-order chi connectivity index (χ1) is 13.8. The van der Waals surface area contributed by atoms with Crippen LogP contribution >= 0.6 is 11.3 Å². The van der Waals surface area contributed by atoms with Gasteiger partial charge in [0.15, 0.2) is 10.6 Å². The number of nitrogens with zero attached hydrogens (tertiary/aromatic N) is 3. The number of carbonyl (C=O) groups is 3. The molecule has 9 nitrogen and oxygen atoms in total. The van der Waals surface area contributed by atoms with Crippen molar-refractivity contribution >= 4 is 44.9 Å². The van der Waals surface area contributed by atoms with Gasteiger partial charge in [0, 0.05) is 17.7 Å². The van der Waals surface area contributed by atoms with Gasteiger partial charge in [-0.1, -0.05) is 17.4 Å². The maximum absolute atomic E-state index is 12.7. The fraction of sp³-hybridized carbons (Fsp3) is 0.158. The van der Waals surface area contributed by atoms with E-state index >= 15 is 0 Å². The number of rotatable bonds is 4. The van der Waals surface area contributed by atoms with Crippen molar-refractivity contribution < 1.29 is 24.0 Å². The summed E-state index contributed by atoms with van der Waals surface area (Å²) in [6, 6.07) is 10.8. The first-order valence-electron chi connectivity index (χ1n) is 8.35. The second kappa shape index (κ2) is 8.15. The molecule has 1 aromatic heterocycles. The molecule has 0 unspecified atom stereocenters. The zero-order valence-electron chi connectivity index (χ0n) is 15.4. The highest BCUT2D eigenvalue weighted by Gasteiger charge is 2.17. The number of aryl methyl sites for hydroxylation is 1. The molecule has 2 aromatic carbocycles. The summed E-state index contributed by atoms with van der Waals surface area (Å²) < 4.78 is 6.71. The topological polar surface area (TPSA) is 121 Å². The quantitative estimate of drug-likeness (QED) is 0.213. The Morgan fingerprint density at radius 1 is 1.17 bits per heavy atom. The molecule has 0 saturated carbocycles. The number of benzene rings is 2. The minimum absolute atomic E-state index is 0.120. The fourth-order valence-electron chi connectivity index (χ4n) is 2.64. The number of ether oxygens (including phenoxy) is 1. The molecule has 0 aliphatic rings. The smallest absolute Gasteiger partial charge is 0.399 e. The Morgan fingerprint density at radius 2 is 1.86 bits per heavy atom. The number of hydrogen-bond acceptors (Lipinski definition) is 7. The van der Waals surface area contributed by atoms with Crippen LogP contribution in [0.2, 0.25) is 0 Å². The lowest BCUT2D eigenvalue weighted by Gasteiger charge is -2.05. The van der Waals surface area contributed by atoms with Crippen LogP contribution in [0.4, 0.5) is 5.69 Å². The van der Waals surface area contributed by atoms with E-state index < -0.39 is 16.8 Å². The van der Waals surface area contributed by atoms with E-state index in [1.54, 1.807) is 6.07 Å². The normalized spacial score (nSPS) is 11.4. The molecule has 0 spiro atoms. The molecule has 1 amide bonds. The molecule has 0 radical (unpaired) electrons. The maximum Gasteiger partial charge on any atom is 0.399 e. The van der Waals surface area contributed by atoms with Gasteiger partial charge in [-0.2, -0.15) is 4.99 Å². The fourth-order valence-corrected chi connectivity index (χ4v) is 3.77. The van der Waals surface area contributed by atoms with Crippen LogP contribution in [-0.4, -0.2) is 34.3 Å². The third-order valence-electron chi connectivity index (χ3n) is 4.10. The van der Waals surface area contributed by atoms with E-state index in [2.05, 4.69) is 9.73 Å². The second-order valence-corrected chi connectivity index (χ2v) is 7.09. The number of hydrogen-bond donors (Lipinski definition) is 0. The Hall–Kier alpha value is -3.66. The number of nitro groups is 1. The number of methoxy groups -OCH3 is 1. The number of Topliss-reactive ketones (excluding diaryl/α,β-unsaturated/α-hetero) is 1. The molecule has 3 rings (SSSR count). The van der Waals surface area contributed by atoms with Gasteiger partial charge in [0.05, 0.1) is 28.8 Å². The number of ketones is 1. The SMILES string of the molecule is COC(=O)C(=O)N=c1sc2cc(C)ccc2n1CC(=O)c1ccc([N+](=O)[O-])cc1. The maximum atomic E-state index is 12.7. The number of non-ortho nitro benzene ring substituents is 1. The number of nitro benzene ring substituents is 1. The van der Waals surface area contributed by atoms with Gasteiger partial charge in [-0.25, -0.2) is 4.79 Å². The lowest BCUT2D eigenvalue weighted by molar-refractivity contribution is -0.384. The van der Waals surface area contributed by atoms with E-state index in [9.17, 15) is 24.5 Å². The standard InChI is InChI=1S/C19H15N3O6S/c1-11-3-8-14-16(9-11)29-19(20-17(24)18(25)28-2)21(14)10-15(23)12-4-6-13(7-5-12)22(26)27/h3-9H,10H2,1-2H3. The van der Waals surface area contributed by atoms with Gasteiger partial charge in [-0.3, -0.25) is 19.7 Å². The van der Waals surface area contributed by atoms with Crippen molar-refractivity contribution in [3.63, 3.8) is 0 Å². The summed E-state index contributed by atoms with van der Waals surface area (Å²) in [4.78, 5) is 50.3. The Balaban J connectivity index is 2.05. The summed E-state index contributed by atoms with van der Waals surface area (Å²) in [6.07, 6.45) is 0. The van der Waals surface area contributed by atoms with Crippen LogP contribution in [0, 0.1) is 17.0 Å². The van der Waals surface area contributed by atoms with E-state index in [0.717, 1.165) is 28.7 Å². The zero-order valence-corrected chi connectivity index (χ0v) is 16.3. The molecule has 1 heterocycles. The summed E-state index contributed by atoms with van der Waals surface area (Å²) in [5, 5.41) is 10.8. The first kappa shape index (κ1) is 20.1. The Labute approximate surface area is 168 Å². The summed E-state index contributed by atoms with van der Waals surface area (Å²) in [7, 11) is 1.08. The van der Waals surface area contributed by atoms with Crippen molar-refractivity contribution in [1.82, 2.24) is 4.57 Å². The van der Waals surface area contributed by atoms with Gasteiger partial charge in [0.2, 0.25) is 0 Å². The molecule has 0 atom stereocenters. The third-order valence-corrected chi connectivity index (χ3v) is 5.14. The summed E-state index contributed by atoms with van der Waals surface area (Å²) in [6.45, 7) is 1.75. The van der Waals surface area contributed by atoms with Crippen molar-refractivity contribution in [3.8, 4) is 0 Å². The van der Waals surface area contributed by atoms with Gasteiger partial charge in [0.1, 0.15) is 0 Å². The highest BCUT2D eigenvalue weighted by Crippen LogP contribution is 2.20. The van der Waals surface area contributed by atoms with Crippen molar-refractivity contribution in [2.24, 2.45) is 4.99 Å². The highest BCUT2D eigenvalue weighted by molar-refractivity contribution is 7.16. The van der Waals surface area contributed by atoms with E-state index in [-0.39, 0.29) is 28.4 Å². The molecule has 148 valence electrons. The van der Waals surface area contributed by atoms with Gasteiger partial charge < -0.3 is 9.30 Å². The molecule has 10 heteroatoms. The van der Waals surface area contributed by atoms with Crippen LogP contribution in [0.25, 0.3) is 10.2 Å². The lowest BCUT2D eigenvalue weighted by atomic mass is 10.1. The minimum atomic E-state index is -1.10. The molecule has 29 heavy (non-hydrogen) atoms. The molecule has 0 aliphatic heterocycles. The highest BCUT2D eigenvalue weighted by atomic mass is 32.1. The monoisotopic (exact) mass is 413 g/mol. The summed E-state index contributed by atoms with van der Waals surface area (Å²) in [5.74, 6) is -2.51. The molecule has 0 aliphatic carbocycles. The molecule has 0 fully saturated rings. The zero-order chi connectivity index (χ0) is 21.1. The van der Waals surface area contributed by atoms with Crippen LogP contribution in [0.3, 0.4) is 0 Å². The third kappa shape index (κ3) is 4.27. The molecular weight excluding hydrogens is 398 g/mol. The van der Waals surface area contributed by atoms with Crippen LogP contribution in [0.15, 0.2) is 47.5 Å². The number of fused-ring (bicyclic) bond motifs is 1. The van der Waals surface area contributed by atoms with Gasteiger partial charge in [-0.15, -0.1) is 0 Å². The van der Waals surface area contributed by atoms with E-state index in [4.69, 9.17) is 0 Å². The molecule has 0 bridgehead atoms. The minimum Gasteiger partial charge on any atom is -0.462 e. The molecule has 0 saturated heterocycles. The van der Waals surface area contributed by atoms with Crippen molar-refractivity contribution in [2.45, 2.75) is 13.5 Å². The van der Waals surface area contributed by atoms with Crippen molar-refractivity contribution in [1.29, 1.82) is 0 Å². The lowest BCUT2D eigenvalue weighted by Crippen LogP contribution is -2.24. The van der Waals surface area contributed by atoms with E-state index in [1.165, 1.54) is 28.8 Å². The van der Waals surface area contributed by atoms with Gasteiger partial charge in [-0.05, 0) is 36.8 Å². The predicted octanol–water partition coefficient (Wildman–Crippen LogP) is 2.40. The van der Waals surface area contributed by atoms with Crippen molar-refractivity contribution in [2.75, 3.05) is 7.11 Å². The van der Waals surface area contributed by atoms with Crippen LogP contribution in [-0.2, 0) is 20.9 Å². The van der Waals surface area contributed by atoms with Crippen LogP contribution in [0.1, 0.15) is 15.9 Å². The Bertz CT molecular complexity index is 1210. The largest absolute Gasteiger partial charge is 0.462 e. The van der Waals surface area contributed by atoms with Crippen LogP contribution < -0.4 is 4.80 Å². The average Bonchev–Trinajstić information content (AvgIpc) is 3.03. The number of carbonyl (C=O) groups excluding carboxylic acids is 3. The van der Waals surface area contributed by atoms with Crippen molar-refractivity contribution in [3.05, 3.63) is 68.5 Å². The average molecular weight is 413 g/mol. The van der Waals surface area contributed by atoms with E-state index in [0.29, 0.717) is 5.52 Å². The molecular formula is C19H15N3O6S. The molecule has 0 N–H and O–H groups in total. The van der Waals surface area contributed by atoms with Gasteiger partial charge >= 0.3 is 11.9 Å². The second-order valence-electron chi connectivity index (χ2n) is 6.08. The molecule has 3 aromatic rings. The number of amides is 1. The van der Waals surface area contributed by atoms with Crippen LogP contribution in [0.5, 0.6) is 0 Å². The Morgan fingerprint density at radius 3 is 2.48 bits per heavy atom. The summed E-state index contributed by atoms with van der Waals surface area (Å²) in [5.41, 5.74) is 1.82. The van der Waals surface area contributed by atoms with E-state index in [1.807, 2.05) is 19.1 Å². The van der Waals surface area contributed by atoms with Gasteiger partial charge in [0.25, 0.3) is 5.69 Å². The number of thiazole rings is 1. The first-order valence-corrected chi connectivity index (χ1v) is 9.16. The Kier molecular flexibility index (Phi) is 5.64. The predicted molar refractivity (Wildman–Crippen MR) is 105 cm³/mol. The number of aromatic nitrogens is 1. The summed E-state index contributed by atoms with van der Waals surface area (Å²) >= 11 is 1.16.